The molecule has 2 unspecified atom stereocenters. The van der Waals surface area contributed by atoms with Crippen molar-refractivity contribution in [2.24, 2.45) is 0 Å². The number of piperazine rings is 1. The fourth-order valence-electron chi connectivity index (χ4n) is 2.73. The molecule has 1 aliphatic heterocycles. The number of rotatable bonds is 6. The molecule has 0 saturated carbocycles. The summed E-state index contributed by atoms with van der Waals surface area (Å²) in [5.74, 6) is 1.62. The van der Waals surface area contributed by atoms with Crippen molar-refractivity contribution in [2.75, 3.05) is 33.4 Å². The Morgan fingerprint density at radius 2 is 2.05 bits per heavy atom. The summed E-state index contributed by atoms with van der Waals surface area (Å²) >= 11 is 0. The Morgan fingerprint density at radius 1 is 1.33 bits per heavy atom. The van der Waals surface area contributed by atoms with E-state index in [4.69, 9.17) is 9.47 Å². The van der Waals surface area contributed by atoms with Gasteiger partial charge in [0, 0.05) is 31.2 Å². The lowest BCUT2D eigenvalue weighted by Gasteiger charge is -2.44. The molecule has 1 saturated heterocycles. The molecule has 0 amide bonds. The quantitative estimate of drug-likeness (QED) is 0.873. The fraction of sp³-hybridized carbons (Fsp3) is 0.647. The minimum absolute atomic E-state index is 0.219. The van der Waals surface area contributed by atoms with Crippen LogP contribution in [-0.2, 0) is 0 Å². The second-order valence-corrected chi connectivity index (χ2v) is 6.11. The highest BCUT2D eigenvalue weighted by Crippen LogP contribution is 2.26. The molecule has 4 nitrogen and oxygen atoms in total. The molecule has 2 atom stereocenters. The van der Waals surface area contributed by atoms with Crippen LogP contribution in [0.1, 0.15) is 27.2 Å². The van der Waals surface area contributed by atoms with Gasteiger partial charge in [-0.3, -0.25) is 4.90 Å². The van der Waals surface area contributed by atoms with Crippen LogP contribution in [0, 0.1) is 0 Å². The maximum Gasteiger partial charge on any atom is 0.161 e. The zero-order valence-electron chi connectivity index (χ0n) is 13.7. The highest BCUT2D eigenvalue weighted by Gasteiger charge is 2.32. The number of methoxy groups -OCH3 is 1. The van der Waals surface area contributed by atoms with E-state index in [2.05, 4.69) is 31.0 Å². The Labute approximate surface area is 128 Å². The van der Waals surface area contributed by atoms with Crippen molar-refractivity contribution in [1.29, 1.82) is 0 Å². The van der Waals surface area contributed by atoms with E-state index in [-0.39, 0.29) is 5.54 Å². The van der Waals surface area contributed by atoms with Crippen LogP contribution in [-0.4, -0.2) is 49.8 Å². The standard InChI is InChI=1S/C17H28N2O2/c1-5-17(3)13-19(14(2)12-18-17)10-11-21-16-9-7-6-8-15(16)20-4/h6-9,14,18H,5,10-13H2,1-4H3. The van der Waals surface area contributed by atoms with Crippen LogP contribution >= 0.6 is 0 Å². The third-order valence-corrected chi connectivity index (χ3v) is 4.49. The molecule has 1 N–H and O–H groups in total. The van der Waals surface area contributed by atoms with E-state index < -0.39 is 0 Å². The van der Waals surface area contributed by atoms with Crippen LogP contribution in [0.15, 0.2) is 24.3 Å². The molecule has 2 rings (SSSR count). The molecule has 21 heavy (non-hydrogen) atoms. The summed E-state index contributed by atoms with van der Waals surface area (Å²) in [6.07, 6.45) is 1.14. The molecule has 0 spiro atoms. The van der Waals surface area contributed by atoms with Crippen molar-refractivity contribution in [1.82, 2.24) is 10.2 Å². The first kappa shape index (κ1) is 16.1. The first-order chi connectivity index (χ1) is 10.1. The minimum Gasteiger partial charge on any atom is -0.493 e. The molecule has 1 aromatic rings. The number of hydrogen-bond donors (Lipinski definition) is 1. The lowest BCUT2D eigenvalue weighted by atomic mass is 9.94. The van der Waals surface area contributed by atoms with Gasteiger partial charge in [-0.25, -0.2) is 0 Å². The smallest absolute Gasteiger partial charge is 0.161 e. The molecule has 118 valence electrons. The lowest BCUT2D eigenvalue weighted by molar-refractivity contribution is 0.0786. The number of ether oxygens (including phenoxy) is 2. The minimum atomic E-state index is 0.219. The van der Waals surface area contributed by atoms with E-state index in [9.17, 15) is 0 Å². The third-order valence-electron chi connectivity index (χ3n) is 4.49. The Morgan fingerprint density at radius 3 is 2.71 bits per heavy atom. The number of para-hydroxylation sites is 2. The molecule has 0 aliphatic carbocycles. The van der Waals surface area contributed by atoms with Gasteiger partial charge in [0.1, 0.15) is 6.61 Å². The average molecular weight is 292 g/mol. The number of benzene rings is 1. The molecule has 0 bridgehead atoms. The van der Waals surface area contributed by atoms with Crippen LogP contribution < -0.4 is 14.8 Å². The Bertz CT molecular complexity index is 452. The number of nitrogens with zero attached hydrogens (tertiary/aromatic N) is 1. The summed E-state index contributed by atoms with van der Waals surface area (Å²) in [6.45, 7) is 10.5. The monoisotopic (exact) mass is 292 g/mol. The number of hydrogen-bond acceptors (Lipinski definition) is 4. The average Bonchev–Trinajstić information content (AvgIpc) is 2.51. The molecule has 1 fully saturated rings. The molecular weight excluding hydrogens is 264 g/mol. The summed E-state index contributed by atoms with van der Waals surface area (Å²) in [5.41, 5.74) is 0.219. The molecule has 0 aromatic heterocycles. The van der Waals surface area contributed by atoms with E-state index in [0.29, 0.717) is 12.6 Å². The normalized spacial score (nSPS) is 26.6. The van der Waals surface area contributed by atoms with Crippen LogP contribution in [0.25, 0.3) is 0 Å². The van der Waals surface area contributed by atoms with Gasteiger partial charge in [0.15, 0.2) is 11.5 Å². The zero-order chi connectivity index (χ0) is 15.3. The van der Waals surface area contributed by atoms with Crippen molar-refractivity contribution < 1.29 is 9.47 Å². The summed E-state index contributed by atoms with van der Waals surface area (Å²) in [4.78, 5) is 2.51. The van der Waals surface area contributed by atoms with E-state index >= 15 is 0 Å². The molecule has 1 heterocycles. The summed E-state index contributed by atoms with van der Waals surface area (Å²) in [6, 6.07) is 8.36. The van der Waals surface area contributed by atoms with Gasteiger partial charge in [0.05, 0.1) is 7.11 Å². The Hall–Kier alpha value is -1.26. The first-order valence-electron chi connectivity index (χ1n) is 7.83. The largest absolute Gasteiger partial charge is 0.493 e. The van der Waals surface area contributed by atoms with Gasteiger partial charge in [-0.15, -0.1) is 0 Å². The second-order valence-electron chi connectivity index (χ2n) is 6.11. The van der Waals surface area contributed by atoms with E-state index in [1.165, 1.54) is 0 Å². The predicted molar refractivity (Wildman–Crippen MR) is 86.2 cm³/mol. The molecule has 4 heteroatoms. The van der Waals surface area contributed by atoms with Gasteiger partial charge in [-0.2, -0.15) is 0 Å². The van der Waals surface area contributed by atoms with E-state index in [1.807, 2.05) is 24.3 Å². The van der Waals surface area contributed by atoms with Crippen molar-refractivity contribution >= 4 is 0 Å². The molecule has 1 aliphatic rings. The highest BCUT2D eigenvalue weighted by molar-refractivity contribution is 5.39. The van der Waals surface area contributed by atoms with Crippen molar-refractivity contribution in [3.8, 4) is 11.5 Å². The Balaban J connectivity index is 1.87. The fourth-order valence-corrected chi connectivity index (χ4v) is 2.73. The van der Waals surface area contributed by atoms with E-state index in [1.54, 1.807) is 7.11 Å². The van der Waals surface area contributed by atoms with Gasteiger partial charge in [-0.1, -0.05) is 19.1 Å². The summed E-state index contributed by atoms with van der Waals surface area (Å²) in [7, 11) is 1.67. The second kappa shape index (κ2) is 7.14. The Kier molecular flexibility index (Phi) is 5.48. The third kappa shape index (κ3) is 4.11. The molecule has 0 radical (unpaired) electrons. The summed E-state index contributed by atoms with van der Waals surface area (Å²) < 4.78 is 11.2. The summed E-state index contributed by atoms with van der Waals surface area (Å²) in [5, 5.41) is 3.65. The molecular formula is C17H28N2O2. The topological polar surface area (TPSA) is 33.7 Å². The van der Waals surface area contributed by atoms with Gasteiger partial charge < -0.3 is 14.8 Å². The maximum absolute atomic E-state index is 5.89. The zero-order valence-corrected chi connectivity index (χ0v) is 13.7. The van der Waals surface area contributed by atoms with E-state index in [0.717, 1.165) is 37.6 Å². The first-order valence-corrected chi connectivity index (χ1v) is 7.83. The number of nitrogens with one attached hydrogen (secondary N) is 1. The van der Waals surface area contributed by atoms with Gasteiger partial charge >= 0.3 is 0 Å². The highest BCUT2D eigenvalue weighted by atomic mass is 16.5. The molecule has 1 aromatic carbocycles. The maximum atomic E-state index is 5.89. The van der Waals surface area contributed by atoms with Gasteiger partial charge in [-0.05, 0) is 32.4 Å². The van der Waals surface area contributed by atoms with Crippen molar-refractivity contribution in [3.63, 3.8) is 0 Å². The van der Waals surface area contributed by atoms with Crippen molar-refractivity contribution in [2.45, 2.75) is 38.8 Å². The van der Waals surface area contributed by atoms with Gasteiger partial charge in [0.25, 0.3) is 0 Å². The SMILES string of the molecule is CCC1(C)CN(CCOc2ccccc2OC)C(C)CN1. The van der Waals surface area contributed by atoms with Crippen LogP contribution in [0.4, 0.5) is 0 Å². The van der Waals surface area contributed by atoms with Crippen LogP contribution in [0.2, 0.25) is 0 Å². The van der Waals surface area contributed by atoms with Crippen molar-refractivity contribution in [3.05, 3.63) is 24.3 Å². The van der Waals surface area contributed by atoms with Crippen LogP contribution in [0.3, 0.4) is 0 Å². The van der Waals surface area contributed by atoms with Crippen LogP contribution in [0.5, 0.6) is 11.5 Å². The lowest BCUT2D eigenvalue weighted by Crippen LogP contribution is -2.62. The van der Waals surface area contributed by atoms with Gasteiger partial charge in [0.2, 0.25) is 0 Å². The predicted octanol–water partition coefficient (Wildman–Crippen LogP) is 2.54.